The van der Waals surface area contributed by atoms with Crippen molar-refractivity contribution < 1.29 is 24.2 Å². The number of carboxylic acid groups (broad SMARTS) is 1. The second-order valence-electron chi connectivity index (χ2n) is 6.16. The van der Waals surface area contributed by atoms with E-state index < -0.39 is 5.97 Å². The van der Waals surface area contributed by atoms with Gasteiger partial charge < -0.3 is 19.9 Å². The minimum Gasteiger partial charge on any atom is -0.492 e. The smallest absolute Gasteiger partial charge is 0.336 e. The predicted molar refractivity (Wildman–Crippen MR) is 104 cm³/mol. The monoisotopic (exact) mass is 387 g/mol. The first kappa shape index (κ1) is 19.1. The fraction of sp³-hybridized carbons (Fsp3) is 0.300. The van der Waals surface area contributed by atoms with Gasteiger partial charge in [0, 0.05) is 22.9 Å². The second-order valence-corrected chi connectivity index (χ2v) is 7.18. The minimum absolute atomic E-state index is 0.0875. The Morgan fingerprint density at radius 3 is 2.85 bits per heavy atom. The lowest BCUT2D eigenvalue weighted by molar-refractivity contribution is -0.113. The van der Waals surface area contributed by atoms with Crippen molar-refractivity contribution in [3.63, 3.8) is 0 Å². The summed E-state index contributed by atoms with van der Waals surface area (Å²) >= 11 is 1.18. The average Bonchev–Trinajstić information content (AvgIpc) is 2.99. The van der Waals surface area contributed by atoms with Crippen LogP contribution in [-0.4, -0.2) is 35.4 Å². The predicted octanol–water partition coefficient (Wildman–Crippen LogP) is 3.84. The Kier molecular flexibility index (Phi) is 5.91. The molecule has 0 aliphatic carbocycles. The van der Waals surface area contributed by atoms with E-state index in [1.807, 2.05) is 19.9 Å². The van der Waals surface area contributed by atoms with Gasteiger partial charge in [0.1, 0.15) is 17.6 Å². The normalized spacial score (nSPS) is 15.0. The van der Waals surface area contributed by atoms with Gasteiger partial charge in [-0.1, -0.05) is 12.1 Å². The summed E-state index contributed by atoms with van der Waals surface area (Å²) in [5, 5.41) is 12.1. The van der Waals surface area contributed by atoms with Gasteiger partial charge in [-0.25, -0.2) is 4.79 Å². The molecule has 1 aliphatic heterocycles. The standard InChI is InChI=1S/C20H21NO5S/c1-3-25-17-9-13-8-12(2)26-16(13)10-15(17)21-19(22)11-27-18-7-5-4-6-14(18)20(23)24/h4-7,9-10,12H,3,8,11H2,1-2H3,(H,21,22)(H,23,24)/t12-/m1/s1. The van der Waals surface area contributed by atoms with Crippen LogP contribution in [-0.2, 0) is 11.2 Å². The molecule has 0 aromatic heterocycles. The lowest BCUT2D eigenvalue weighted by Gasteiger charge is -2.13. The number of carbonyl (C=O) groups excluding carboxylic acids is 1. The zero-order chi connectivity index (χ0) is 19.4. The number of thioether (sulfide) groups is 1. The molecule has 2 N–H and O–H groups in total. The highest BCUT2D eigenvalue weighted by Gasteiger charge is 2.22. The van der Waals surface area contributed by atoms with Crippen LogP contribution in [0.25, 0.3) is 0 Å². The number of aromatic carboxylic acids is 1. The van der Waals surface area contributed by atoms with Crippen LogP contribution in [0, 0.1) is 0 Å². The summed E-state index contributed by atoms with van der Waals surface area (Å²) in [6.07, 6.45) is 0.911. The average molecular weight is 387 g/mol. The van der Waals surface area contributed by atoms with Gasteiger partial charge in [-0.05, 0) is 32.0 Å². The van der Waals surface area contributed by atoms with Crippen LogP contribution < -0.4 is 14.8 Å². The molecule has 2 aromatic carbocycles. The van der Waals surface area contributed by atoms with Crippen molar-refractivity contribution in [3.8, 4) is 11.5 Å². The molecular weight excluding hydrogens is 366 g/mol. The third kappa shape index (κ3) is 4.54. The van der Waals surface area contributed by atoms with Gasteiger partial charge in [-0.3, -0.25) is 4.79 Å². The molecule has 3 rings (SSSR count). The number of amides is 1. The van der Waals surface area contributed by atoms with E-state index in [-0.39, 0.29) is 23.3 Å². The molecule has 0 unspecified atom stereocenters. The van der Waals surface area contributed by atoms with Gasteiger partial charge in [0.05, 0.1) is 23.6 Å². The number of nitrogens with one attached hydrogen (secondary N) is 1. The first-order valence-electron chi connectivity index (χ1n) is 8.69. The van der Waals surface area contributed by atoms with E-state index in [9.17, 15) is 14.7 Å². The van der Waals surface area contributed by atoms with E-state index in [0.29, 0.717) is 22.9 Å². The van der Waals surface area contributed by atoms with Crippen LogP contribution in [0.4, 0.5) is 5.69 Å². The molecule has 1 atom stereocenters. The number of fused-ring (bicyclic) bond motifs is 1. The first-order valence-corrected chi connectivity index (χ1v) is 9.67. The molecule has 0 bridgehead atoms. The van der Waals surface area contributed by atoms with Crippen LogP contribution >= 0.6 is 11.8 Å². The Hall–Kier alpha value is -2.67. The van der Waals surface area contributed by atoms with Crippen LogP contribution in [0.5, 0.6) is 11.5 Å². The van der Waals surface area contributed by atoms with Crippen LogP contribution in [0.3, 0.4) is 0 Å². The number of carbonyl (C=O) groups is 2. The van der Waals surface area contributed by atoms with Crippen molar-refractivity contribution in [1.29, 1.82) is 0 Å². The molecule has 0 saturated heterocycles. The highest BCUT2D eigenvalue weighted by atomic mass is 32.2. The molecule has 142 valence electrons. The van der Waals surface area contributed by atoms with Gasteiger partial charge in [0.25, 0.3) is 0 Å². The van der Waals surface area contributed by atoms with Crippen molar-refractivity contribution in [3.05, 3.63) is 47.5 Å². The molecule has 6 nitrogen and oxygen atoms in total. The van der Waals surface area contributed by atoms with Gasteiger partial charge in [0.15, 0.2) is 0 Å². The van der Waals surface area contributed by atoms with E-state index in [1.165, 1.54) is 17.8 Å². The topological polar surface area (TPSA) is 84.9 Å². The maximum Gasteiger partial charge on any atom is 0.336 e. The van der Waals surface area contributed by atoms with E-state index in [1.54, 1.807) is 24.3 Å². The van der Waals surface area contributed by atoms with Crippen LogP contribution in [0.15, 0.2) is 41.3 Å². The molecule has 0 spiro atoms. The zero-order valence-electron chi connectivity index (χ0n) is 15.2. The fourth-order valence-electron chi connectivity index (χ4n) is 2.91. The molecule has 7 heteroatoms. The summed E-state index contributed by atoms with van der Waals surface area (Å²) in [6, 6.07) is 10.3. The third-order valence-corrected chi connectivity index (χ3v) is 5.12. The lowest BCUT2D eigenvalue weighted by atomic mass is 10.1. The number of hydrogen-bond donors (Lipinski definition) is 2. The maximum absolute atomic E-state index is 12.4. The minimum atomic E-state index is -1.01. The molecule has 0 saturated carbocycles. The number of rotatable bonds is 7. The largest absolute Gasteiger partial charge is 0.492 e. The summed E-state index contributed by atoms with van der Waals surface area (Å²) in [7, 11) is 0. The maximum atomic E-state index is 12.4. The van der Waals surface area contributed by atoms with Crippen molar-refractivity contribution in [2.45, 2.75) is 31.3 Å². The Balaban J connectivity index is 1.71. The molecule has 0 radical (unpaired) electrons. The summed E-state index contributed by atoms with van der Waals surface area (Å²) in [5.74, 6) is 0.196. The fourth-order valence-corrected chi connectivity index (χ4v) is 3.76. The molecule has 2 aromatic rings. The van der Waals surface area contributed by atoms with Crippen molar-refractivity contribution in [1.82, 2.24) is 0 Å². The number of anilines is 1. The lowest BCUT2D eigenvalue weighted by Crippen LogP contribution is -2.15. The highest BCUT2D eigenvalue weighted by Crippen LogP contribution is 2.38. The molecule has 1 aliphatic rings. The summed E-state index contributed by atoms with van der Waals surface area (Å²) in [6.45, 7) is 4.37. The number of hydrogen-bond acceptors (Lipinski definition) is 5. The number of benzene rings is 2. The molecule has 0 fully saturated rings. The molecule has 27 heavy (non-hydrogen) atoms. The molecular formula is C20H21NO5S. The molecule has 1 heterocycles. The summed E-state index contributed by atoms with van der Waals surface area (Å²) in [5.41, 5.74) is 1.81. The van der Waals surface area contributed by atoms with E-state index in [2.05, 4.69) is 5.32 Å². The van der Waals surface area contributed by atoms with E-state index in [4.69, 9.17) is 9.47 Å². The Labute approximate surface area is 161 Å². The summed E-state index contributed by atoms with van der Waals surface area (Å²) < 4.78 is 11.4. The first-order chi connectivity index (χ1) is 13.0. The summed E-state index contributed by atoms with van der Waals surface area (Å²) in [4.78, 5) is 24.2. The highest BCUT2D eigenvalue weighted by molar-refractivity contribution is 8.00. The number of carboxylic acids is 1. The Morgan fingerprint density at radius 2 is 2.11 bits per heavy atom. The van der Waals surface area contributed by atoms with Gasteiger partial charge >= 0.3 is 5.97 Å². The second kappa shape index (κ2) is 8.35. The SMILES string of the molecule is CCOc1cc2c(cc1NC(=O)CSc1ccccc1C(=O)O)O[C@H](C)C2. The quantitative estimate of drug-likeness (QED) is 0.702. The van der Waals surface area contributed by atoms with Crippen molar-refractivity contribution in [2.24, 2.45) is 0 Å². The van der Waals surface area contributed by atoms with E-state index in [0.717, 1.165) is 17.7 Å². The van der Waals surface area contributed by atoms with Crippen molar-refractivity contribution in [2.75, 3.05) is 17.7 Å². The molecule has 1 amide bonds. The number of ether oxygens (including phenoxy) is 2. The van der Waals surface area contributed by atoms with E-state index >= 15 is 0 Å². The third-order valence-electron chi connectivity index (χ3n) is 4.05. The van der Waals surface area contributed by atoms with Crippen LogP contribution in [0.1, 0.15) is 29.8 Å². The van der Waals surface area contributed by atoms with Gasteiger partial charge in [-0.15, -0.1) is 11.8 Å². The Bertz CT molecular complexity index is 867. The Morgan fingerprint density at radius 1 is 1.33 bits per heavy atom. The van der Waals surface area contributed by atoms with Gasteiger partial charge in [-0.2, -0.15) is 0 Å². The van der Waals surface area contributed by atoms with Gasteiger partial charge in [0.2, 0.25) is 5.91 Å². The van der Waals surface area contributed by atoms with Crippen molar-refractivity contribution >= 4 is 29.3 Å². The zero-order valence-corrected chi connectivity index (χ0v) is 16.0. The van der Waals surface area contributed by atoms with Crippen LogP contribution in [0.2, 0.25) is 0 Å².